The number of nitrogens with zero attached hydrogens (tertiary/aromatic N) is 5. The molecule has 3 aliphatic rings. The number of nitrogen functional groups attached to an aromatic ring is 1. The number of anilines is 1. The molecule has 3 aliphatic heterocycles. The first-order valence-electron chi connectivity index (χ1n) is 11.7. The molecule has 0 aliphatic carbocycles. The molecule has 226 valence electrons. The Morgan fingerprint density at radius 3 is 2.64 bits per heavy atom. The predicted octanol–water partition coefficient (Wildman–Crippen LogP) is 0.637. The van der Waals surface area contributed by atoms with Gasteiger partial charge in [-0.1, -0.05) is 0 Å². The van der Waals surface area contributed by atoms with Crippen LogP contribution in [0.3, 0.4) is 0 Å². The molecule has 0 saturated carbocycles. The van der Waals surface area contributed by atoms with Crippen molar-refractivity contribution in [2.24, 2.45) is 0 Å². The minimum Gasteiger partial charge on any atom is -0.468 e. The number of hydrogen-bond donors (Lipinski definition) is 4. The van der Waals surface area contributed by atoms with Crippen LogP contribution in [0, 0.1) is 0 Å². The largest absolute Gasteiger partial charge is 0.472 e. The van der Waals surface area contributed by atoms with Crippen molar-refractivity contribution in [3.8, 4) is 0 Å². The number of phosphoric acid groups is 1. The van der Waals surface area contributed by atoms with E-state index in [0.717, 1.165) is 34.9 Å². The van der Waals surface area contributed by atoms with Crippen LogP contribution in [0.5, 0.6) is 0 Å². The van der Waals surface area contributed by atoms with E-state index in [1.54, 1.807) is 0 Å². The molecule has 3 aromatic heterocycles. The fourth-order valence-corrected chi connectivity index (χ4v) is 7.56. The second-order valence-electron chi connectivity index (χ2n) is 9.02. The average Bonchev–Trinajstić information content (AvgIpc) is 3.57. The lowest BCUT2D eigenvalue weighted by molar-refractivity contribution is -0.0556. The van der Waals surface area contributed by atoms with Crippen molar-refractivity contribution in [3.05, 3.63) is 56.9 Å². The van der Waals surface area contributed by atoms with Crippen LogP contribution in [0.1, 0.15) is 12.5 Å². The molecule has 6 rings (SSSR count). The summed E-state index contributed by atoms with van der Waals surface area (Å²) >= 11 is 0.0227. The number of alkyl halides is 2. The minimum atomic E-state index is -5.20. The van der Waals surface area contributed by atoms with Gasteiger partial charge < -0.3 is 25.0 Å². The Kier molecular flexibility index (Phi) is 7.35. The van der Waals surface area contributed by atoms with Crippen LogP contribution in [0.4, 0.5) is 14.6 Å². The Bertz CT molecular complexity index is 1790. The molecule has 0 radical (unpaired) electrons. The maximum absolute atomic E-state index is 15.6. The monoisotopic (exact) mass is 653 g/mol. The third-order valence-corrected chi connectivity index (χ3v) is 9.84. The lowest BCUT2D eigenvalue weighted by atomic mass is 10.1. The lowest BCUT2D eigenvalue weighted by Crippen LogP contribution is -2.37. The number of rotatable bonds is 2. The quantitative estimate of drug-likeness (QED) is 0.277. The molecule has 2 fully saturated rings. The van der Waals surface area contributed by atoms with Gasteiger partial charge in [-0.2, -0.15) is 0 Å². The van der Waals surface area contributed by atoms with E-state index in [4.69, 9.17) is 28.8 Å². The molecule has 4 bridgehead atoms. The number of fused-ring (bicyclic) bond motifs is 5. The Morgan fingerprint density at radius 2 is 1.88 bits per heavy atom. The number of halogens is 2. The highest BCUT2D eigenvalue weighted by atomic mass is 32.7. The van der Waals surface area contributed by atoms with Crippen molar-refractivity contribution in [2.45, 2.75) is 43.1 Å². The molecule has 2 unspecified atom stereocenters. The van der Waals surface area contributed by atoms with Gasteiger partial charge in [0, 0.05) is 17.7 Å². The van der Waals surface area contributed by atoms with Crippen LogP contribution in [0.25, 0.3) is 11.2 Å². The third kappa shape index (κ3) is 5.31. The molecule has 9 atom stereocenters. The molecule has 0 spiro atoms. The van der Waals surface area contributed by atoms with Gasteiger partial charge in [-0.15, -0.1) is 0 Å². The van der Waals surface area contributed by atoms with E-state index < -0.39 is 81.3 Å². The number of aromatic nitrogens is 6. The maximum Gasteiger partial charge on any atom is 0.472 e. The number of nitrogens with one attached hydrogen (secondary N) is 1. The van der Waals surface area contributed by atoms with Crippen LogP contribution >= 0.6 is 26.0 Å². The third-order valence-electron chi connectivity index (χ3n) is 6.36. The number of imidazole rings is 1. The van der Waals surface area contributed by atoms with Crippen LogP contribution in [-0.4, -0.2) is 76.1 Å². The zero-order valence-electron chi connectivity index (χ0n) is 20.6. The molecule has 2 saturated heterocycles. The normalized spacial score (nSPS) is 38.5. The molecule has 0 amide bonds. The molecule has 23 heteroatoms. The first-order valence-corrected chi connectivity index (χ1v) is 16.3. The summed E-state index contributed by atoms with van der Waals surface area (Å²) in [5.41, 5.74) is 4.08. The SMILES string of the molecule is Nc1ncnc2c1ncn2[C@@H]1O/C2=C/SP(=O)(O)O[C@@H]3[C@H](F)[C@@H](COP(=O)(O)O[C@@H]1[C@@H]2F)O[C@H]3n1ccc(=O)[nH]c1=O. The molecule has 42 heavy (non-hydrogen) atoms. The van der Waals surface area contributed by atoms with Crippen molar-refractivity contribution in [1.29, 1.82) is 0 Å². The number of nitrogens with two attached hydrogens (primary N) is 1. The van der Waals surface area contributed by atoms with Gasteiger partial charge in [-0.3, -0.25) is 32.5 Å². The Balaban J connectivity index is 1.38. The number of phosphoric ester groups is 1. The standard InChI is InChI=1S/C19H19F2N7O11P2S/c20-10-7-3-35-40(31,32)38-13-11(21)8(37-18(13)28-6-25-12-15(22)23-5-24-16(12)28)4-42-41(33,34)39-14(10)17(36-7)27-2-1-9(29)26-19(27)30/h1-2,4-7,10-11,13-14,17-18H,3H2,(H,31,32)(H,33,34)(H2,22,23,24)(H,26,29,30)/b8-4+/t7-,10-,11-,13-,14-,17-,18-/m1/s1. The van der Waals surface area contributed by atoms with Gasteiger partial charge in [0.1, 0.15) is 36.1 Å². The van der Waals surface area contributed by atoms with Crippen molar-refractivity contribution in [3.63, 3.8) is 0 Å². The lowest BCUT2D eigenvalue weighted by Gasteiger charge is -2.23. The van der Waals surface area contributed by atoms with E-state index in [2.05, 4.69) is 15.0 Å². The second kappa shape index (κ2) is 10.6. The van der Waals surface area contributed by atoms with Crippen LogP contribution in [-0.2, 0) is 32.2 Å². The summed E-state index contributed by atoms with van der Waals surface area (Å²) in [5.74, 6) is -0.650. The maximum atomic E-state index is 15.6. The highest BCUT2D eigenvalue weighted by Crippen LogP contribution is 2.61. The van der Waals surface area contributed by atoms with E-state index in [1.165, 1.54) is 0 Å². The first kappa shape index (κ1) is 29.1. The van der Waals surface area contributed by atoms with Gasteiger partial charge >= 0.3 is 20.3 Å². The zero-order chi connectivity index (χ0) is 30.0. The smallest absolute Gasteiger partial charge is 0.468 e. The van der Waals surface area contributed by atoms with Crippen LogP contribution < -0.4 is 17.0 Å². The van der Waals surface area contributed by atoms with Gasteiger partial charge in [0.05, 0.1) is 6.61 Å². The summed E-state index contributed by atoms with van der Waals surface area (Å²) in [7, 11) is -5.20. The van der Waals surface area contributed by atoms with Crippen molar-refractivity contribution in [2.75, 3.05) is 12.3 Å². The van der Waals surface area contributed by atoms with Crippen molar-refractivity contribution >= 4 is 43.0 Å². The van der Waals surface area contributed by atoms with Gasteiger partial charge in [0.2, 0.25) is 6.23 Å². The zero-order valence-corrected chi connectivity index (χ0v) is 23.2. The molecule has 3 aromatic rings. The Labute approximate surface area is 235 Å². The topological polar surface area (TPSA) is 245 Å². The fraction of sp³-hybridized carbons (Fsp3) is 0.421. The van der Waals surface area contributed by atoms with Crippen LogP contribution in [0.15, 0.2) is 45.7 Å². The average molecular weight is 653 g/mol. The number of H-pyrrole nitrogens is 1. The van der Waals surface area contributed by atoms with E-state index >= 15 is 8.78 Å². The van der Waals surface area contributed by atoms with E-state index in [0.29, 0.717) is 4.57 Å². The van der Waals surface area contributed by atoms with E-state index in [1.807, 2.05) is 4.98 Å². The van der Waals surface area contributed by atoms with Gasteiger partial charge in [0.25, 0.3) is 5.56 Å². The molecule has 6 heterocycles. The molecular formula is C19H19F2N7O11P2S. The molecule has 18 nitrogen and oxygen atoms in total. The number of ether oxygens (including phenoxy) is 2. The highest BCUT2D eigenvalue weighted by Gasteiger charge is 2.53. The van der Waals surface area contributed by atoms with Gasteiger partial charge in [-0.25, -0.2) is 37.7 Å². The Morgan fingerprint density at radius 1 is 1.10 bits per heavy atom. The second-order valence-corrected chi connectivity index (χ2v) is 14.0. The highest BCUT2D eigenvalue weighted by molar-refractivity contribution is 8.56. The summed E-state index contributed by atoms with van der Waals surface area (Å²) in [6.45, 7) is -5.91. The molecular weight excluding hydrogens is 634 g/mol. The fourth-order valence-electron chi connectivity index (χ4n) is 4.49. The summed E-state index contributed by atoms with van der Waals surface area (Å²) in [5, 5.41) is 0.751. The summed E-state index contributed by atoms with van der Waals surface area (Å²) in [4.78, 5) is 58.6. The van der Waals surface area contributed by atoms with Crippen molar-refractivity contribution < 1.29 is 50.7 Å². The molecule has 0 aromatic carbocycles. The van der Waals surface area contributed by atoms with Crippen molar-refractivity contribution in [1.82, 2.24) is 29.1 Å². The number of aromatic amines is 1. The first-order chi connectivity index (χ1) is 19.8. The van der Waals surface area contributed by atoms with Crippen LogP contribution in [0.2, 0.25) is 0 Å². The summed E-state index contributed by atoms with van der Waals surface area (Å²) in [6.07, 6.45) is -10.4. The van der Waals surface area contributed by atoms with E-state index in [9.17, 15) is 28.5 Å². The molecule has 5 N–H and O–H groups in total. The van der Waals surface area contributed by atoms with E-state index in [-0.39, 0.29) is 28.4 Å². The number of hydrogen-bond acceptors (Lipinski definition) is 14. The van der Waals surface area contributed by atoms with Gasteiger partial charge in [-0.05, 0) is 11.4 Å². The summed E-state index contributed by atoms with van der Waals surface area (Å²) in [6, 6.07) is 0.907. The minimum absolute atomic E-state index is 0.0227. The predicted molar refractivity (Wildman–Crippen MR) is 136 cm³/mol. The van der Waals surface area contributed by atoms with Gasteiger partial charge in [0.15, 0.2) is 36.1 Å². The summed E-state index contributed by atoms with van der Waals surface area (Å²) < 4.78 is 85.1. The Hall–Kier alpha value is -3.00.